The van der Waals surface area contributed by atoms with Crippen LogP contribution in [0.4, 0.5) is 5.69 Å². The first-order valence-corrected chi connectivity index (χ1v) is 8.70. The van der Waals surface area contributed by atoms with Gasteiger partial charge in [0.15, 0.2) is 11.5 Å². The Morgan fingerprint density at radius 1 is 1.21 bits per heavy atom. The first-order chi connectivity index (χ1) is 11.5. The van der Waals surface area contributed by atoms with Crippen molar-refractivity contribution in [1.82, 2.24) is 0 Å². The number of aryl methyl sites for hydroxylation is 1. The molecule has 0 spiro atoms. The predicted molar refractivity (Wildman–Crippen MR) is 100 cm³/mol. The van der Waals surface area contributed by atoms with Crippen molar-refractivity contribution in [3.05, 3.63) is 52.0 Å². The highest BCUT2D eigenvalue weighted by Crippen LogP contribution is 2.37. The molecule has 0 bridgehead atoms. The number of halogens is 1. The second kappa shape index (κ2) is 8.20. The van der Waals surface area contributed by atoms with E-state index in [1.165, 1.54) is 0 Å². The highest BCUT2D eigenvalue weighted by Gasteiger charge is 2.21. The molecule has 0 N–H and O–H groups in total. The molecule has 0 unspecified atom stereocenters. The molecule has 0 fully saturated rings. The van der Waals surface area contributed by atoms with E-state index < -0.39 is 0 Å². The van der Waals surface area contributed by atoms with Crippen LogP contribution in [0.3, 0.4) is 0 Å². The van der Waals surface area contributed by atoms with Gasteiger partial charge in [0.1, 0.15) is 0 Å². The molecule has 0 heterocycles. The Morgan fingerprint density at radius 3 is 2.50 bits per heavy atom. The highest BCUT2D eigenvalue weighted by molar-refractivity contribution is 9.10. The van der Waals surface area contributed by atoms with Crippen LogP contribution in [0.5, 0.6) is 11.5 Å². The zero-order chi connectivity index (χ0) is 17.7. The molecule has 0 saturated heterocycles. The Morgan fingerprint density at radius 2 is 1.92 bits per heavy atom. The van der Waals surface area contributed by atoms with Crippen LogP contribution in [-0.2, 0) is 0 Å². The molecular weight excluding hydrogens is 370 g/mol. The van der Waals surface area contributed by atoms with Crippen molar-refractivity contribution in [1.29, 1.82) is 0 Å². The van der Waals surface area contributed by atoms with Gasteiger partial charge in [0, 0.05) is 17.8 Å². The van der Waals surface area contributed by atoms with Gasteiger partial charge in [0.2, 0.25) is 0 Å². The normalized spacial score (nSPS) is 10.4. The van der Waals surface area contributed by atoms with Crippen molar-refractivity contribution in [2.24, 2.45) is 0 Å². The number of hydrogen-bond donors (Lipinski definition) is 0. The molecule has 1 amide bonds. The molecule has 4 nitrogen and oxygen atoms in total. The third-order valence-corrected chi connectivity index (χ3v) is 4.32. The lowest BCUT2D eigenvalue weighted by Gasteiger charge is -2.23. The molecule has 5 heteroatoms. The zero-order valence-corrected chi connectivity index (χ0v) is 16.0. The Balaban J connectivity index is 2.45. The van der Waals surface area contributed by atoms with Crippen LogP contribution in [-0.4, -0.2) is 26.2 Å². The van der Waals surface area contributed by atoms with Gasteiger partial charge in [0.05, 0.1) is 18.2 Å². The number of carbonyl (C=O) groups excluding carboxylic acids is 1. The topological polar surface area (TPSA) is 38.8 Å². The largest absolute Gasteiger partial charge is 0.493 e. The second-order valence-corrected chi connectivity index (χ2v) is 6.11. The van der Waals surface area contributed by atoms with Gasteiger partial charge in [-0.2, -0.15) is 0 Å². The van der Waals surface area contributed by atoms with Crippen LogP contribution in [0.2, 0.25) is 0 Å². The fraction of sp³-hybridized carbons (Fsp3) is 0.316. The average Bonchev–Trinajstić information content (AvgIpc) is 2.58. The van der Waals surface area contributed by atoms with E-state index in [2.05, 4.69) is 15.9 Å². The Hall–Kier alpha value is -2.01. The summed E-state index contributed by atoms with van der Waals surface area (Å²) >= 11 is 3.47. The van der Waals surface area contributed by atoms with Crippen molar-refractivity contribution in [2.75, 3.05) is 25.2 Å². The Bertz CT molecular complexity index is 731. The van der Waals surface area contributed by atoms with Gasteiger partial charge in [0.25, 0.3) is 5.91 Å². The minimum absolute atomic E-state index is 0.0751. The van der Waals surface area contributed by atoms with Gasteiger partial charge in [-0.25, -0.2) is 0 Å². The molecule has 0 aliphatic carbocycles. The summed E-state index contributed by atoms with van der Waals surface area (Å²) in [6.45, 7) is 6.97. The number of amides is 1. The first kappa shape index (κ1) is 18.3. The molecule has 0 atom stereocenters. The molecule has 2 aromatic carbocycles. The van der Waals surface area contributed by atoms with Crippen LogP contribution in [0.1, 0.15) is 29.8 Å². The summed E-state index contributed by atoms with van der Waals surface area (Å²) in [4.78, 5) is 14.8. The number of ether oxygens (including phenoxy) is 2. The number of hydrogen-bond acceptors (Lipinski definition) is 3. The van der Waals surface area contributed by atoms with Gasteiger partial charge < -0.3 is 14.4 Å². The quantitative estimate of drug-likeness (QED) is 0.707. The maximum atomic E-state index is 13.0. The lowest BCUT2D eigenvalue weighted by atomic mass is 10.1. The molecule has 0 aliphatic rings. The molecule has 0 aliphatic heterocycles. The van der Waals surface area contributed by atoms with Crippen molar-refractivity contribution >= 4 is 27.5 Å². The number of carbonyl (C=O) groups is 1. The summed E-state index contributed by atoms with van der Waals surface area (Å²) < 4.78 is 11.7. The molecule has 0 aromatic heterocycles. The maximum Gasteiger partial charge on any atom is 0.258 e. The maximum absolute atomic E-state index is 13.0. The SMILES string of the molecule is CCOc1c(Br)cc(C(=O)N(CC)c2ccccc2C)cc1OC. The van der Waals surface area contributed by atoms with E-state index in [0.717, 1.165) is 11.3 Å². The van der Waals surface area contributed by atoms with Crippen LogP contribution in [0.25, 0.3) is 0 Å². The van der Waals surface area contributed by atoms with Crippen LogP contribution >= 0.6 is 15.9 Å². The van der Waals surface area contributed by atoms with Crippen LogP contribution in [0.15, 0.2) is 40.9 Å². The fourth-order valence-electron chi connectivity index (χ4n) is 2.57. The average molecular weight is 392 g/mol. The molecule has 128 valence electrons. The van der Waals surface area contributed by atoms with Crippen molar-refractivity contribution < 1.29 is 14.3 Å². The molecule has 0 saturated carbocycles. The summed E-state index contributed by atoms with van der Waals surface area (Å²) in [5.41, 5.74) is 2.52. The number of para-hydroxylation sites is 1. The van der Waals surface area contributed by atoms with Gasteiger partial charge in [-0.3, -0.25) is 4.79 Å². The minimum atomic E-state index is -0.0751. The third-order valence-electron chi connectivity index (χ3n) is 3.73. The number of anilines is 1. The van der Waals surface area contributed by atoms with E-state index in [9.17, 15) is 4.79 Å². The fourth-order valence-corrected chi connectivity index (χ4v) is 3.13. The van der Waals surface area contributed by atoms with E-state index in [1.807, 2.05) is 45.0 Å². The van der Waals surface area contributed by atoms with Gasteiger partial charge in [-0.15, -0.1) is 0 Å². The lowest BCUT2D eigenvalue weighted by Crippen LogP contribution is -2.31. The van der Waals surface area contributed by atoms with E-state index in [4.69, 9.17) is 9.47 Å². The summed E-state index contributed by atoms with van der Waals surface area (Å²) in [5.74, 6) is 1.07. The van der Waals surface area contributed by atoms with Crippen molar-refractivity contribution in [3.63, 3.8) is 0 Å². The number of nitrogens with zero attached hydrogens (tertiary/aromatic N) is 1. The Labute approximate surface area is 151 Å². The van der Waals surface area contributed by atoms with Crippen molar-refractivity contribution in [3.8, 4) is 11.5 Å². The van der Waals surface area contributed by atoms with Crippen LogP contribution in [0, 0.1) is 6.92 Å². The highest BCUT2D eigenvalue weighted by atomic mass is 79.9. The summed E-state index contributed by atoms with van der Waals surface area (Å²) in [6.07, 6.45) is 0. The summed E-state index contributed by atoms with van der Waals surface area (Å²) in [5, 5.41) is 0. The molecule has 2 aromatic rings. The standard InChI is InChI=1S/C19H22BrNO3/c1-5-21(16-10-8-7-9-13(16)3)19(22)14-11-15(20)18(24-6-2)17(12-14)23-4/h7-12H,5-6H2,1-4H3. The van der Waals surface area contributed by atoms with Crippen molar-refractivity contribution in [2.45, 2.75) is 20.8 Å². The molecule has 24 heavy (non-hydrogen) atoms. The zero-order valence-electron chi connectivity index (χ0n) is 14.4. The molecule has 0 radical (unpaired) electrons. The van der Waals surface area contributed by atoms with Gasteiger partial charge in [-0.1, -0.05) is 18.2 Å². The first-order valence-electron chi connectivity index (χ1n) is 7.91. The summed E-state index contributed by atoms with van der Waals surface area (Å²) in [7, 11) is 1.57. The molecular formula is C19H22BrNO3. The van der Waals surface area contributed by atoms with Crippen LogP contribution < -0.4 is 14.4 Å². The number of rotatable bonds is 6. The number of methoxy groups -OCH3 is 1. The smallest absolute Gasteiger partial charge is 0.258 e. The monoisotopic (exact) mass is 391 g/mol. The second-order valence-electron chi connectivity index (χ2n) is 5.26. The van der Waals surface area contributed by atoms with Gasteiger partial charge in [-0.05, 0) is 60.5 Å². The van der Waals surface area contributed by atoms with E-state index in [1.54, 1.807) is 24.1 Å². The number of benzene rings is 2. The Kier molecular flexibility index (Phi) is 6.26. The minimum Gasteiger partial charge on any atom is -0.493 e. The van der Waals surface area contributed by atoms with E-state index in [0.29, 0.717) is 34.7 Å². The predicted octanol–water partition coefficient (Wildman–Crippen LogP) is 4.83. The molecule has 2 rings (SSSR count). The van der Waals surface area contributed by atoms with Gasteiger partial charge >= 0.3 is 0 Å². The lowest BCUT2D eigenvalue weighted by molar-refractivity contribution is 0.0987. The van der Waals surface area contributed by atoms with E-state index >= 15 is 0 Å². The van der Waals surface area contributed by atoms with E-state index in [-0.39, 0.29) is 5.91 Å². The summed E-state index contributed by atoms with van der Waals surface area (Å²) in [6, 6.07) is 11.4. The third kappa shape index (κ3) is 3.73.